The van der Waals surface area contributed by atoms with Gasteiger partial charge in [0.2, 0.25) is 0 Å². The zero-order chi connectivity index (χ0) is 20.1. The van der Waals surface area contributed by atoms with Crippen molar-refractivity contribution in [2.75, 3.05) is 13.2 Å². The number of benzene rings is 1. The predicted octanol–water partition coefficient (Wildman–Crippen LogP) is 3.08. The summed E-state index contributed by atoms with van der Waals surface area (Å²) in [6, 6.07) is 11.4. The lowest BCUT2D eigenvalue weighted by Gasteiger charge is -2.29. The van der Waals surface area contributed by atoms with E-state index in [4.69, 9.17) is 9.47 Å². The fourth-order valence-electron chi connectivity index (χ4n) is 2.83. The second-order valence-corrected chi connectivity index (χ2v) is 7.33. The van der Waals surface area contributed by atoms with Crippen molar-refractivity contribution in [1.82, 2.24) is 10.6 Å². The van der Waals surface area contributed by atoms with Crippen LogP contribution < -0.4 is 10.6 Å². The maximum atomic E-state index is 12.6. The number of urea groups is 1. The second-order valence-electron chi connectivity index (χ2n) is 6.04. The molecule has 1 atom stereocenters. The first kappa shape index (κ1) is 19.6. The largest absolute Gasteiger partial charge is 0.463 e. The molecular formula is C20H20N2O5S. The molecule has 0 saturated heterocycles. The number of hydrogen-bond donors (Lipinski definition) is 2. The van der Waals surface area contributed by atoms with Gasteiger partial charge in [-0.2, -0.15) is 0 Å². The molecule has 2 N–H and O–H groups in total. The van der Waals surface area contributed by atoms with Crippen LogP contribution in [-0.2, 0) is 14.3 Å². The average Bonchev–Trinajstić information content (AvgIpc) is 3.13. The van der Waals surface area contributed by atoms with Crippen LogP contribution in [-0.4, -0.2) is 31.2 Å². The molecule has 0 aliphatic carbocycles. The first-order valence-electron chi connectivity index (χ1n) is 8.75. The van der Waals surface area contributed by atoms with Crippen molar-refractivity contribution in [2.45, 2.75) is 19.9 Å². The monoisotopic (exact) mass is 400 g/mol. The van der Waals surface area contributed by atoms with Crippen LogP contribution in [0.3, 0.4) is 0 Å². The molecule has 0 radical (unpaired) electrons. The molecule has 1 aromatic carbocycles. The van der Waals surface area contributed by atoms with Crippen molar-refractivity contribution in [3.8, 4) is 0 Å². The van der Waals surface area contributed by atoms with Gasteiger partial charge in [0.05, 0.1) is 23.9 Å². The van der Waals surface area contributed by atoms with E-state index in [0.717, 1.165) is 10.4 Å². The summed E-state index contributed by atoms with van der Waals surface area (Å²) in [5.74, 6) is -1.10. The highest BCUT2D eigenvalue weighted by Crippen LogP contribution is 2.28. The zero-order valence-electron chi connectivity index (χ0n) is 15.5. The Morgan fingerprint density at radius 2 is 1.82 bits per heavy atom. The third-order valence-electron chi connectivity index (χ3n) is 4.07. The Balaban J connectivity index is 1.90. The minimum atomic E-state index is -0.702. The van der Waals surface area contributed by atoms with Crippen molar-refractivity contribution in [1.29, 1.82) is 0 Å². The van der Waals surface area contributed by atoms with E-state index in [1.54, 1.807) is 25.1 Å². The number of thiophene rings is 1. The van der Waals surface area contributed by atoms with Crippen molar-refractivity contribution >= 4 is 29.3 Å². The Morgan fingerprint density at radius 3 is 2.46 bits per heavy atom. The number of amides is 2. The van der Waals surface area contributed by atoms with Crippen molar-refractivity contribution in [2.24, 2.45) is 0 Å². The smallest absolute Gasteiger partial charge is 0.348 e. The molecule has 2 amide bonds. The lowest BCUT2D eigenvalue weighted by atomic mass is 9.95. The molecule has 1 aliphatic rings. The van der Waals surface area contributed by atoms with Crippen molar-refractivity contribution in [3.05, 3.63) is 69.1 Å². The molecule has 0 fully saturated rings. The lowest BCUT2D eigenvalue weighted by Crippen LogP contribution is -2.47. The molecule has 3 rings (SSSR count). The number of ether oxygens (including phenoxy) is 2. The van der Waals surface area contributed by atoms with Gasteiger partial charge in [-0.05, 0) is 31.5 Å². The topological polar surface area (TPSA) is 93.7 Å². The van der Waals surface area contributed by atoms with E-state index in [0.29, 0.717) is 4.88 Å². The van der Waals surface area contributed by atoms with E-state index in [1.165, 1.54) is 11.3 Å². The van der Waals surface area contributed by atoms with E-state index < -0.39 is 24.0 Å². The summed E-state index contributed by atoms with van der Waals surface area (Å²) in [7, 11) is 0. The summed E-state index contributed by atoms with van der Waals surface area (Å²) in [5, 5.41) is 5.30. The van der Waals surface area contributed by atoms with Gasteiger partial charge < -0.3 is 20.1 Å². The maximum Gasteiger partial charge on any atom is 0.348 e. The summed E-state index contributed by atoms with van der Waals surface area (Å²) in [6.07, 6.45) is 0. The molecule has 28 heavy (non-hydrogen) atoms. The first-order valence-corrected chi connectivity index (χ1v) is 9.57. The van der Waals surface area contributed by atoms with E-state index in [1.807, 2.05) is 31.2 Å². The van der Waals surface area contributed by atoms with Gasteiger partial charge in [-0.3, -0.25) is 0 Å². The molecule has 2 heterocycles. The van der Waals surface area contributed by atoms with Crippen LogP contribution >= 0.6 is 11.3 Å². The quantitative estimate of drug-likeness (QED) is 0.727. The Labute approximate surface area is 166 Å². The Kier molecular flexibility index (Phi) is 6.10. The highest BCUT2D eigenvalue weighted by molar-refractivity contribution is 7.13. The molecule has 146 valence electrons. The molecule has 7 nitrogen and oxygen atoms in total. The standard InChI is InChI=1S/C20H20N2O5S/c1-3-26-19(24)16-14(11-27-18(23)15-10-9-12(2)28-15)21-20(25)22-17(16)13-7-5-4-6-8-13/h4-10,17H,3,11H2,1-2H3,(H2,21,22,25). The van der Waals surface area contributed by atoms with Gasteiger partial charge in [0.1, 0.15) is 11.5 Å². The highest BCUT2D eigenvalue weighted by Gasteiger charge is 2.34. The lowest BCUT2D eigenvalue weighted by molar-refractivity contribution is -0.139. The van der Waals surface area contributed by atoms with E-state index in [-0.39, 0.29) is 24.5 Å². The molecule has 1 aromatic heterocycles. The first-order chi connectivity index (χ1) is 13.5. The molecule has 0 spiro atoms. The second kappa shape index (κ2) is 8.71. The van der Waals surface area contributed by atoms with Gasteiger partial charge in [0.25, 0.3) is 0 Å². The van der Waals surface area contributed by atoms with E-state index >= 15 is 0 Å². The Morgan fingerprint density at radius 1 is 1.07 bits per heavy atom. The number of carbonyl (C=O) groups is 3. The molecule has 0 saturated carbocycles. The summed E-state index contributed by atoms with van der Waals surface area (Å²) in [5.41, 5.74) is 1.14. The van der Waals surface area contributed by atoms with Crippen LogP contribution in [0.4, 0.5) is 4.79 Å². The van der Waals surface area contributed by atoms with E-state index in [9.17, 15) is 14.4 Å². The fourth-order valence-corrected chi connectivity index (χ4v) is 3.59. The highest BCUT2D eigenvalue weighted by atomic mass is 32.1. The molecule has 8 heteroatoms. The Hall–Kier alpha value is -3.13. The summed E-state index contributed by atoms with van der Waals surface area (Å²) in [6.45, 7) is 3.52. The minimum Gasteiger partial charge on any atom is -0.463 e. The van der Waals surface area contributed by atoms with Crippen LogP contribution in [0.2, 0.25) is 0 Å². The molecular weight excluding hydrogens is 380 g/mol. The van der Waals surface area contributed by atoms with E-state index in [2.05, 4.69) is 10.6 Å². The van der Waals surface area contributed by atoms with Crippen LogP contribution in [0.15, 0.2) is 53.7 Å². The molecule has 1 aliphatic heterocycles. The summed E-state index contributed by atoms with van der Waals surface area (Å²) >= 11 is 1.31. The predicted molar refractivity (Wildman–Crippen MR) is 104 cm³/mol. The minimum absolute atomic E-state index is 0.180. The SMILES string of the molecule is CCOC(=O)C1=C(COC(=O)c2ccc(C)s2)NC(=O)NC1c1ccccc1. The summed E-state index contributed by atoms with van der Waals surface area (Å²) < 4.78 is 10.5. The normalized spacial score (nSPS) is 16.2. The maximum absolute atomic E-state index is 12.6. The molecule has 2 aromatic rings. The van der Waals surface area contributed by atoms with Gasteiger partial charge in [-0.1, -0.05) is 30.3 Å². The molecule has 1 unspecified atom stereocenters. The number of hydrogen-bond acceptors (Lipinski definition) is 6. The Bertz CT molecular complexity index is 920. The number of aryl methyl sites for hydroxylation is 1. The third-order valence-corrected chi connectivity index (χ3v) is 5.05. The van der Waals surface area contributed by atoms with Gasteiger partial charge in [0.15, 0.2) is 0 Å². The number of nitrogens with one attached hydrogen (secondary N) is 2. The van der Waals surface area contributed by atoms with Gasteiger partial charge >= 0.3 is 18.0 Å². The van der Waals surface area contributed by atoms with Gasteiger partial charge in [0, 0.05) is 4.88 Å². The number of carbonyl (C=O) groups excluding carboxylic acids is 3. The fraction of sp³-hybridized carbons (Fsp3) is 0.250. The van der Waals surface area contributed by atoms with Crippen LogP contribution in [0.1, 0.15) is 33.1 Å². The zero-order valence-corrected chi connectivity index (χ0v) is 16.3. The van der Waals surface area contributed by atoms with Gasteiger partial charge in [-0.15, -0.1) is 11.3 Å². The summed E-state index contributed by atoms with van der Waals surface area (Å²) in [4.78, 5) is 38.5. The van der Waals surface area contributed by atoms with Crippen LogP contribution in [0.25, 0.3) is 0 Å². The number of esters is 2. The third kappa shape index (κ3) is 4.40. The van der Waals surface area contributed by atoms with Crippen molar-refractivity contribution in [3.63, 3.8) is 0 Å². The van der Waals surface area contributed by atoms with Crippen LogP contribution in [0, 0.1) is 6.92 Å². The van der Waals surface area contributed by atoms with Gasteiger partial charge in [-0.25, -0.2) is 14.4 Å². The average molecular weight is 400 g/mol. The van der Waals surface area contributed by atoms with Crippen molar-refractivity contribution < 1.29 is 23.9 Å². The molecule has 0 bridgehead atoms. The van der Waals surface area contributed by atoms with Crippen LogP contribution in [0.5, 0.6) is 0 Å². The number of rotatable bonds is 6.